The molecule has 0 saturated carbocycles. The summed E-state index contributed by atoms with van der Waals surface area (Å²) in [4.78, 5) is 37.0. The summed E-state index contributed by atoms with van der Waals surface area (Å²) in [6, 6.07) is 8.69. The first-order valence-electron chi connectivity index (χ1n) is 13.3. The van der Waals surface area contributed by atoms with Gasteiger partial charge in [-0.05, 0) is 51.8 Å². The third kappa shape index (κ3) is 5.09. The van der Waals surface area contributed by atoms with E-state index in [9.17, 15) is 9.59 Å². The van der Waals surface area contributed by atoms with Gasteiger partial charge in [0.05, 0.1) is 25.4 Å². The van der Waals surface area contributed by atoms with Gasteiger partial charge >= 0.3 is 0 Å². The highest BCUT2D eigenvalue weighted by Crippen LogP contribution is 2.35. The van der Waals surface area contributed by atoms with Crippen molar-refractivity contribution in [3.8, 4) is 11.6 Å². The molecule has 12 nitrogen and oxygen atoms in total. The number of hydrogen-bond donors (Lipinski definition) is 2. The van der Waals surface area contributed by atoms with Crippen LogP contribution >= 0.6 is 0 Å². The first-order valence-corrected chi connectivity index (χ1v) is 13.3. The number of nitrogens with one attached hydrogen (secondary N) is 1. The summed E-state index contributed by atoms with van der Waals surface area (Å²) in [6.45, 7) is 11.5. The molecule has 1 saturated heterocycles. The Morgan fingerprint density at radius 1 is 1.20 bits per heavy atom. The molecule has 3 N–H and O–H groups in total. The third-order valence-electron chi connectivity index (χ3n) is 7.18. The van der Waals surface area contributed by atoms with Crippen molar-refractivity contribution in [1.29, 1.82) is 0 Å². The smallest absolute Gasteiger partial charge is 0.278 e. The number of methoxy groups -OCH3 is 1. The number of allylic oxidation sites excluding steroid dienone is 1. The lowest BCUT2D eigenvalue weighted by Crippen LogP contribution is -2.48. The van der Waals surface area contributed by atoms with Gasteiger partial charge in [-0.25, -0.2) is 19.0 Å². The van der Waals surface area contributed by atoms with Crippen LogP contribution in [0.1, 0.15) is 39.7 Å². The van der Waals surface area contributed by atoms with E-state index >= 15 is 0 Å². The zero-order chi connectivity index (χ0) is 28.6. The van der Waals surface area contributed by atoms with Gasteiger partial charge in [0.25, 0.3) is 11.1 Å². The lowest BCUT2D eigenvalue weighted by molar-refractivity contribution is 0.359. The molecular weight excluding hydrogens is 510 g/mol. The SMILES string of the molecule is C=CCn1c(=O)c2cnc(Nc3ccc(N4CCC(C)(N)CC4)c(OC)c3)nc2n1-c1ccc(=O)n(C(C)C)n1. The van der Waals surface area contributed by atoms with Crippen molar-refractivity contribution in [2.45, 2.75) is 51.7 Å². The van der Waals surface area contributed by atoms with Crippen LogP contribution < -0.4 is 31.8 Å². The number of nitrogens with zero attached hydrogens (tertiary/aromatic N) is 7. The predicted octanol–water partition coefficient (Wildman–Crippen LogP) is 2.98. The van der Waals surface area contributed by atoms with E-state index in [1.807, 2.05) is 32.0 Å². The average molecular weight is 546 g/mol. The molecule has 0 aliphatic carbocycles. The normalized spacial score (nSPS) is 15.0. The number of benzene rings is 1. The molecule has 40 heavy (non-hydrogen) atoms. The largest absolute Gasteiger partial charge is 0.495 e. The van der Waals surface area contributed by atoms with Gasteiger partial charge in [0.1, 0.15) is 11.1 Å². The molecule has 4 aromatic rings. The van der Waals surface area contributed by atoms with Gasteiger partial charge in [0.15, 0.2) is 11.5 Å². The second-order valence-corrected chi connectivity index (χ2v) is 10.6. The number of anilines is 3. The van der Waals surface area contributed by atoms with Gasteiger partial charge in [-0.1, -0.05) is 6.08 Å². The summed E-state index contributed by atoms with van der Waals surface area (Å²) in [6.07, 6.45) is 4.91. The fraction of sp³-hybridized carbons (Fsp3) is 0.393. The molecule has 0 spiro atoms. The van der Waals surface area contributed by atoms with E-state index in [1.54, 1.807) is 23.9 Å². The Balaban J connectivity index is 1.53. The monoisotopic (exact) mass is 545 g/mol. The summed E-state index contributed by atoms with van der Waals surface area (Å²) in [5, 5.41) is 8.06. The molecule has 4 heterocycles. The molecule has 3 aromatic heterocycles. The highest BCUT2D eigenvalue weighted by atomic mass is 16.5. The summed E-state index contributed by atoms with van der Waals surface area (Å²) in [5.41, 5.74) is 7.73. The quantitative estimate of drug-likeness (QED) is 0.320. The maximum atomic E-state index is 13.2. The zero-order valence-electron chi connectivity index (χ0n) is 23.3. The third-order valence-corrected chi connectivity index (χ3v) is 7.18. The van der Waals surface area contributed by atoms with Crippen LogP contribution in [-0.2, 0) is 6.54 Å². The van der Waals surface area contributed by atoms with E-state index in [0.717, 1.165) is 43.1 Å². The highest BCUT2D eigenvalue weighted by molar-refractivity contribution is 5.77. The number of fused-ring (bicyclic) bond motifs is 1. The molecule has 1 aromatic carbocycles. The molecule has 0 amide bonds. The van der Waals surface area contributed by atoms with Crippen LogP contribution in [0.25, 0.3) is 16.9 Å². The molecule has 0 atom stereocenters. The summed E-state index contributed by atoms with van der Waals surface area (Å²) in [7, 11) is 1.65. The highest BCUT2D eigenvalue weighted by Gasteiger charge is 2.27. The maximum absolute atomic E-state index is 13.2. The number of piperidine rings is 1. The van der Waals surface area contributed by atoms with Gasteiger partial charge in [0, 0.05) is 42.6 Å². The molecule has 12 heteroatoms. The minimum atomic E-state index is -0.285. The first kappa shape index (κ1) is 27.1. The Morgan fingerprint density at radius 2 is 1.95 bits per heavy atom. The first-order chi connectivity index (χ1) is 19.1. The average Bonchev–Trinajstić information content (AvgIpc) is 3.19. The number of nitrogens with two attached hydrogens (primary N) is 1. The number of hydrogen-bond acceptors (Lipinski definition) is 9. The van der Waals surface area contributed by atoms with E-state index in [-0.39, 0.29) is 29.2 Å². The van der Waals surface area contributed by atoms with Crippen LogP contribution in [-0.4, -0.2) is 54.9 Å². The molecule has 0 unspecified atom stereocenters. The maximum Gasteiger partial charge on any atom is 0.278 e. The van der Waals surface area contributed by atoms with Crippen molar-refractivity contribution < 1.29 is 4.74 Å². The fourth-order valence-corrected chi connectivity index (χ4v) is 4.91. The van der Waals surface area contributed by atoms with Gasteiger partial charge in [0.2, 0.25) is 5.95 Å². The second kappa shape index (κ2) is 10.6. The topological polar surface area (TPSA) is 138 Å². The van der Waals surface area contributed by atoms with Gasteiger partial charge in [-0.3, -0.25) is 9.59 Å². The Bertz CT molecular complexity index is 1670. The Labute approximate surface area is 231 Å². The van der Waals surface area contributed by atoms with Crippen LogP contribution in [0.15, 0.2) is 58.8 Å². The zero-order valence-corrected chi connectivity index (χ0v) is 23.3. The van der Waals surface area contributed by atoms with Gasteiger partial charge < -0.3 is 20.7 Å². The van der Waals surface area contributed by atoms with E-state index in [4.69, 9.17) is 10.5 Å². The van der Waals surface area contributed by atoms with Crippen LogP contribution in [0.5, 0.6) is 5.75 Å². The van der Waals surface area contributed by atoms with Crippen molar-refractivity contribution in [2.75, 3.05) is 30.4 Å². The number of aromatic nitrogens is 6. The van der Waals surface area contributed by atoms with Crippen LogP contribution in [0, 0.1) is 0 Å². The molecule has 1 aliphatic heterocycles. The molecule has 0 radical (unpaired) electrons. The van der Waals surface area contributed by atoms with E-state index < -0.39 is 0 Å². The van der Waals surface area contributed by atoms with E-state index in [0.29, 0.717) is 22.8 Å². The van der Waals surface area contributed by atoms with E-state index in [2.05, 4.69) is 38.8 Å². The van der Waals surface area contributed by atoms with E-state index in [1.165, 1.54) is 21.6 Å². The number of rotatable bonds is 8. The molecule has 0 bridgehead atoms. The van der Waals surface area contributed by atoms with Crippen molar-refractivity contribution in [1.82, 2.24) is 29.1 Å². The van der Waals surface area contributed by atoms with Gasteiger partial charge in [-0.15, -0.1) is 11.7 Å². The summed E-state index contributed by atoms with van der Waals surface area (Å²) >= 11 is 0. The fourth-order valence-electron chi connectivity index (χ4n) is 4.91. The van der Waals surface area contributed by atoms with Crippen LogP contribution in [0.2, 0.25) is 0 Å². The van der Waals surface area contributed by atoms with Crippen molar-refractivity contribution in [2.24, 2.45) is 5.73 Å². The van der Waals surface area contributed by atoms with Crippen molar-refractivity contribution in [3.63, 3.8) is 0 Å². The molecule has 5 rings (SSSR count). The molecule has 1 fully saturated rings. The standard InChI is InChI=1S/C28H35N9O3/c1-6-13-35-26(39)20-17-30-27(32-25(20)37(35)23-9-10-24(38)36(33-23)18(2)3)31-19-7-8-21(22(16-19)40-5)34-14-11-28(4,29)12-15-34/h6-10,16-18H,1,11-15,29H2,2-5H3,(H,30,31,32). The lowest BCUT2D eigenvalue weighted by Gasteiger charge is -2.38. The molecular formula is C28H35N9O3. The number of ether oxygens (including phenoxy) is 1. The minimum Gasteiger partial charge on any atom is -0.495 e. The van der Waals surface area contributed by atoms with Crippen LogP contribution in [0.3, 0.4) is 0 Å². The van der Waals surface area contributed by atoms with Crippen molar-refractivity contribution in [3.05, 3.63) is 69.9 Å². The molecule has 1 aliphatic rings. The predicted molar refractivity (Wildman–Crippen MR) is 156 cm³/mol. The minimum absolute atomic E-state index is 0.145. The Hall–Kier alpha value is -4.45. The summed E-state index contributed by atoms with van der Waals surface area (Å²) < 4.78 is 10.1. The lowest BCUT2D eigenvalue weighted by atomic mass is 9.91. The van der Waals surface area contributed by atoms with Crippen LogP contribution in [0.4, 0.5) is 17.3 Å². The summed E-state index contributed by atoms with van der Waals surface area (Å²) in [5.74, 6) is 1.40. The Morgan fingerprint density at radius 3 is 2.62 bits per heavy atom. The second-order valence-electron chi connectivity index (χ2n) is 10.6. The van der Waals surface area contributed by atoms with Crippen molar-refractivity contribution >= 4 is 28.4 Å². The van der Waals surface area contributed by atoms with Gasteiger partial charge in [-0.2, -0.15) is 4.98 Å². The molecule has 210 valence electrons. The Kier molecular flexibility index (Phi) is 7.19.